The van der Waals surface area contributed by atoms with Crippen LogP contribution in [0, 0.1) is 11.6 Å². The Labute approximate surface area is 115 Å². The van der Waals surface area contributed by atoms with Crippen molar-refractivity contribution in [2.24, 2.45) is 0 Å². The molecule has 0 aliphatic carbocycles. The van der Waals surface area contributed by atoms with Crippen molar-refractivity contribution >= 4 is 11.9 Å². The first kappa shape index (κ1) is 16.1. The number of hydrogen-bond donors (Lipinski definition) is 2. The number of benzene rings is 1. The Morgan fingerprint density at radius 1 is 1.05 bits per heavy atom. The van der Waals surface area contributed by atoms with Crippen molar-refractivity contribution in [3.8, 4) is 0 Å². The Morgan fingerprint density at radius 3 is 2.25 bits per heavy atom. The van der Waals surface area contributed by atoms with Gasteiger partial charge < -0.3 is 10.4 Å². The van der Waals surface area contributed by atoms with Gasteiger partial charge in [0, 0.05) is 25.5 Å². The zero-order chi connectivity index (χ0) is 15.0. The molecule has 0 aromatic heterocycles. The minimum atomic E-state index is -0.876. The molecule has 0 heterocycles. The van der Waals surface area contributed by atoms with E-state index < -0.39 is 17.6 Å². The number of unbranched alkanes of at least 4 members (excludes halogenated alkanes) is 1. The second kappa shape index (κ2) is 8.24. The molecule has 110 valence electrons. The summed E-state index contributed by atoms with van der Waals surface area (Å²) < 4.78 is 25.8. The van der Waals surface area contributed by atoms with Gasteiger partial charge in [-0.05, 0) is 37.0 Å². The maximum absolute atomic E-state index is 12.9. The van der Waals surface area contributed by atoms with Gasteiger partial charge in [0.05, 0.1) is 0 Å². The number of amides is 1. The number of halogens is 2. The summed E-state index contributed by atoms with van der Waals surface area (Å²) in [5.41, 5.74) is 0.480. The van der Waals surface area contributed by atoms with E-state index in [0.29, 0.717) is 31.4 Å². The van der Waals surface area contributed by atoms with Crippen LogP contribution < -0.4 is 5.32 Å². The average molecular weight is 285 g/mol. The number of carboxylic acid groups (broad SMARTS) is 1. The summed E-state index contributed by atoms with van der Waals surface area (Å²) in [5.74, 6) is -2.34. The molecule has 0 saturated heterocycles. The Hall–Kier alpha value is -1.98. The Balaban J connectivity index is 2.19. The smallest absolute Gasteiger partial charge is 0.303 e. The molecule has 0 atom stereocenters. The van der Waals surface area contributed by atoms with E-state index in [1.165, 1.54) is 12.1 Å². The lowest BCUT2D eigenvalue weighted by atomic mass is 10.1. The molecule has 2 N–H and O–H groups in total. The van der Waals surface area contributed by atoms with Gasteiger partial charge in [-0.2, -0.15) is 0 Å². The minimum absolute atomic E-state index is 0.0514. The maximum atomic E-state index is 12.9. The fourth-order valence-corrected chi connectivity index (χ4v) is 1.75. The van der Waals surface area contributed by atoms with Crippen LogP contribution in [-0.2, 0) is 16.0 Å². The molecule has 1 amide bonds. The molecule has 20 heavy (non-hydrogen) atoms. The Morgan fingerprint density at radius 2 is 1.65 bits per heavy atom. The Kier molecular flexibility index (Phi) is 6.63. The van der Waals surface area contributed by atoms with Crippen LogP contribution in [0.2, 0.25) is 0 Å². The van der Waals surface area contributed by atoms with Crippen molar-refractivity contribution < 1.29 is 23.5 Å². The van der Waals surface area contributed by atoms with E-state index in [9.17, 15) is 18.4 Å². The van der Waals surface area contributed by atoms with Gasteiger partial charge in [-0.3, -0.25) is 9.59 Å². The normalized spacial score (nSPS) is 10.3. The molecule has 6 heteroatoms. The quantitative estimate of drug-likeness (QED) is 0.720. The van der Waals surface area contributed by atoms with Gasteiger partial charge in [0.1, 0.15) is 11.6 Å². The lowest BCUT2D eigenvalue weighted by molar-refractivity contribution is -0.137. The number of carboxylic acids is 1. The zero-order valence-electron chi connectivity index (χ0n) is 11.0. The fourth-order valence-electron chi connectivity index (χ4n) is 1.75. The van der Waals surface area contributed by atoms with E-state index in [1.807, 2.05) is 0 Å². The highest BCUT2D eigenvalue weighted by Crippen LogP contribution is 2.08. The first-order chi connectivity index (χ1) is 9.47. The van der Waals surface area contributed by atoms with Crippen LogP contribution in [0.1, 0.15) is 31.2 Å². The summed E-state index contributed by atoms with van der Waals surface area (Å²) in [4.78, 5) is 21.7. The lowest BCUT2D eigenvalue weighted by Crippen LogP contribution is -2.25. The van der Waals surface area contributed by atoms with Crippen molar-refractivity contribution in [3.63, 3.8) is 0 Å². The molecule has 0 unspecified atom stereocenters. The highest BCUT2D eigenvalue weighted by molar-refractivity contribution is 5.75. The summed E-state index contributed by atoms with van der Waals surface area (Å²) in [6.45, 7) is 0.292. The van der Waals surface area contributed by atoms with Crippen LogP contribution in [-0.4, -0.2) is 23.5 Å². The number of carbonyl (C=O) groups excluding carboxylic acids is 1. The van der Waals surface area contributed by atoms with Crippen molar-refractivity contribution in [3.05, 3.63) is 35.4 Å². The predicted molar refractivity (Wildman–Crippen MR) is 69.2 cm³/mol. The second-order valence-corrected chi connectivity index (χ2v) is 4.48. The molecular weight excluding hydrogens is 268 g/mol. The van der Waals surface area contributed by atoms with Crippen molar-refractivity contribution in [2.75, 3.05) is 6.54 Å². The van der Waals surface area contributed by atoms with Gasteiger partial charge >= 0.3 is 5.97 Å². The van der Waals surface area contributed by atoms with E-state index >= 15 is 0 Å². The number of hydrogen-bond acceptors (Lipinski definition) is 2. The van der Waals surface area contributed by atoms with Crippen molar-refractivity contribution in [2.45, 2.75) is 32.1 Å². The summed E-state index contributed by atoms with van der Waals surface area (Å²) in [5, 5.41) is 11.1. The van der Waals surface area contributed by atoms with E-state index in [1.54, 1.807) is 0 Å². The molecule has 0 fully saturated rings. The third kappa shape index (κ3) is 6.82. The van der Waals surface area contributed by atoms with Gasteiger partial charge in [-0.15, -0.1) is 0 Å². The molecule has 0 saturated carbocycles. The van der Waals surface area contributed by atoms with Crippen molar-refractivity contribution in [1.29, 1.82) is 0 Å². The number of nitrogens with one attached hydrogen (secondary N) is 1. The molecule has 0 aliphatic rings. The molecule has 0 spiro atoms. The third-order valence-electron chi connectivity index (χ3n) is 2.70. The van der Waals surface area contributed by atoms with Crippen molar-refractivity contribution in [1.82, 2.24) is 5.32 Å². The van der Waals surface area contributed by atoms with Crippen LogP contribution in [0.5, 0.6) is 0 Å². The van der Waals surface area contributed by atoms with Gasteiger partial charge in [-0.1, -0.05) is 0 Å². The highest BCUT2D eigenvalue weighted by atomic mass is 19.1. The summed E-state index contributed by atoms with van der Waals surface area (Å²) in [7, 11) is 0. The Bertz CT molecular complexity index is 457. The molecule has 1 aromatic carbocycles. The molecule has 0 aliphatic heterocycles. The number of rotatable bonds is 8. The summed E-state index contributed by atoms with van der Waals surface area (Å²) >= 11 is 0. The van der Waals surface area contributed by atoms with Gasteiger partial charge in [-0.25, -0.2) is 8.78 Å². The first-order valence-electron chi connectivity index (χ1n) is 6.41. The average Bonchev–Trinajstić information content (AvgIpc) is 2.33. The maximum Gasteiger partial charge on any atom is 0.303 e. The zero-order valence-corrected chi connectivity index (χ0v) is 11.0. The topological polar surface area (TPSA) is 66.4 Å². The van der Waals surface area contributed by atoms with Crippen LogP contribution in [0.15, 0.2) is 18.2 Å². The lowest BCUT2D eigenvalue weighted by Gasteiger charge is -2.05. The molecular formula is C14H17F2NO3. The van der Waals surface area contributed by atoms with Gasteiger partial charge in [0.2, 0.25) is 5.91 Å². The van der Waals surface area contributed by atoms with Gasteiger partial charge in [0.25, 0.3) is 0 Å². The monoisotopic (exact) mass is 285 g/mol. The van der Waals surface area contributed by atoms with E-state index in [0.717, 1.165) is 6.07 Å². The predicted octanol–water partition coefficient (Wildman–Crippen LogP) is 2.27. The van der Waals surface area contributed by atoms with Gasteiger partial charge in [0.15, 0.2) is 0 Å². The van der Waals surface area contributed by atoms with E-state index in [2.05, 4.69) is 5.32 Å². The SMILES string of the molecule is O=C(O)CCCCC(=O)NCCc1cc(F)cc(F)c1. The van der Waals surface area contributed by atoms with E-state index in [-0.39, 0.29) is 18.7 Å². The largest absolute Gasteiger partial charge is 0.481 e. The van der Waals surface area contributed by atoms with E-state index in [4.69, 9.17) is 5.11 Å². The second-order valence-electron chi connectivity index (χ2n) is 4.48. The summed E-state index contributed by atoms with van der Waals surface area (Å²) in [6, 6.07) is 3.24. The minimum Gasteiger partial charge on any atom is -0.481 e. The number of aliphatic carboxylic acids is 1. The standard InChI is InChI=1S/C14H17F2NO3/c15-11-7-10(8-12(16)9-11)5-6-17-13(18)3-1-2-4-14(19)20/h7-9H,1-6H2,(H,17,18)(H,19,20). The first-order valence-corrected chi connectivity index (χ1v) is 6.41. The van der Waals surface area contributed by atoms with Crippen LogP contribution >= 0.6 is 0 Å². The van der Waals surface area contributed by atoms with Crippen LogP contribution in [0.25, 0.3) is 0 Å². The molecule has 0 bridgehead atoms. The van der Waals surface area contributed by atoms with Crippen LogP contribution in [0.3, 0.4) is 0 Å². The molecule has 1 rings (SSSR count). The molecule has 0 radical (unpaired) electrons. The number of carbonyl (C=O) groups is 2. The summed E-state index contributed by atoms with van der Waals surface area (Å²) in [6.07, 6.45) is 1.61. The molecule has 1 aromatic rings. The highest BCUT2D eigenvalue weighted by Gasteiger charge is 2.04. The molecule has 4 nitrogen and oxygen atoms in total. The third-order valence-corrected chi connectivity index (χ3v) is 2.70. The van der Waals surface area contributed by atoms with Crippen LogP contribution in [0.4, 0.5) is 8.78 Å². The fraction of sp³-hybridized carbons (Fsp3) is 0.429.